The smallest absolute Gasteiger partial charge is 0.219 e. The fourth-order valence-corrected chi connectivity index (χ4v) is 3.13. The fraction of sp³-hybridized carbons (Fsp3) is 0.0667. The van der Waals surface area contributed by atoms with Crippen molar-refractivity contribution in [2.24, 2.45) is 0 Å². The Morgan fingerprint density at radius 2 is 2.15 bits per heavy atom. The maximum Gasteiger partial charge on any atom is 0.219 e. The van der Waals surface area contributed by atoms with E-state index in [1.165, 1.54) is 4.88 Å². The fourth-order valence-electron chi connectivity index (χ4n) is 2.41. The van der Waals surface area contributed by atoms with E-state index in [1.54, 1.807) is 28.9 Å². The first-order chi connectivity index (χ1) is 9.74. The highest BCUT2D eigenvalue weighted by atomic mass is 32.1. The molecule has 0 bridgehead atoms. The molecule has 4 nitrogen and oxygen atoms in total. The Balaban J connectivity index is 2.05. The summed E-state index contributed by atoms with van der Waals surface area (Å²) in [5, 5.41) is 12.2. The molecule has 5 heteroatoms. The van der Waals surface area contributed by atoms with E-state index < -0.39 is 0 Å². The normalized spacial score (nSPS) is 11.4. The van der Waals surface area contributed by atoms with E-state index in [4.69, 9.17) is 0 Å². The number of hydrogen-bond acceptors (Lipinski definition) is 4. The molecule has 4 rings (SSSR count). The van der Waals surface area contributed by atoms with Crippen LogP contribution in [0.15, 0.2) is 41.9 Å². The van der Waals surface area contributed by atoms with Crippen LogP contribution in [0.1, 0.15) is 5.69 Å². The predicted octanol–water partition coefficient (Wildman–Crippen LogP) is 3.63. The summed E-state index contributed by atoms with van der Waals surface area (Å²) in [7, 11) is 0. The van der Waals surface area contributed by atoms with Crippen LogP contribution in [0.5, 0.6) is 5.88 Å². The van der Waals surface area contributed by atoms with Crippen LogP contribution in [-0.4, -0.2) is 19.5 Å². The van der Waals surface area contributed by atoms with E-state index in [0.29, 0.717) is 11.3 Å². The highest BCUT2D eigenvalue weighted by Crippen LogP contribution is 2.29. The van der Waals surface area contributed by atoms with Gasteiger partial charge in [0.2, 0.25) is 5.88 Å². The van der Waals surface area contributed by atoms with Gasteiger partial charge in [-0.25, -0.2) is 4.98 Å². The molecule has 0 unspecified atom stereocenters. The first kappa shape index (κ1) is 11.4. The molecule has 0 amide bonds. The van der Waals surface area contributed by atoms with Gasteiger partial charge in [-0.3, -0.25) is 9.38 Å². The van der Waals surface area contributed by atoms with Gasteiger partial charge < -0.3 is 5.11 Å². The summed E-state index contributed by atoms with van der Waals surface area (Å²) < 4.78 is 1.73. The third-order valence-corrected chi connectivity index (χ3v) is 4.31. The highest BCUT2D eigenvalue weighted by Gasteiger charge is 2.11. The van der Waals surface area contributed by atoms with Crippen molar-refractivity contribution in [2.45, 2.75) is 6.92 Å². The van der Waals surface area contributed by atoms with Crippen molar-refractivity contribution in [3.8, 4) is 16.3 Å². The number of thiophene rings is 1. The SMILES string of the molecule is Cc1nc2cnc3cc(-c4cccs4)ccc3n2c1O. The van der Waals surface area contributed by atoms with E-state index in [1.807, 2.05) is 24.3 Å². The highest BCUT2D eigenvalue weighted by molar-refractivity contribution is 7.13. The Bertz CT molecular complexity index is 925. The molecule has 4 aromatic rings. The van der Waals surface area contributed by atoms with Crippen LogP contribution >= 0.6 is 11.3 Å². The Morgan fingerprint density at radius 1 is 1.25 bits per heavy atom. The van der Waals surface area contributed by atoms with Crippen molar-refractivity contribution >= 4 is 28.0 Å². The van der Waals surface area contributed by atoms with Gasteiger partial charge >= 0.3 is 0 Å². The van der Waals surface area contributed by atoms with Crippen LogP contribution < -0.4 is 0 Å². The van der Waals surface area contributed by atoms with E-state index in [2.05, 4.69) is 21.4 Å². The van der Waals surface area contributed by atoms with Crippen molar-refractivity contribution in [1.82, 2.24) is 14.4 Å². The zero-order valence-electron chi connectivity index (χ0n) is 10.7. The predicted molar refractivity (Wildman–Crippen MR) is 80.2 cm³/mol. The maximum absolute atomic E-state index is 10.1. The second-order valence-electron chi connectivity index (χ2n) is 4.65. The number of nitrogens with zero attached hydrogens (tertiary/aromatic N) is 3. The van der Waals surface area contributed by atoms with E-state index >= 15 is 0 Å². The Labute approximate surface area is 119 Å². The van der Waals surface area contributed by atoms with Crippen LogP contribution in [-0.2, 0) is 0 Å². The molecule has 98 valence electrons. The van der Waals surface area contributed by atoms with Gasteiger partial charge in [0, 0.05) is 4.88 Å². The standard InChI is InChI=1S/C15H11N3OS/c1-9-15(19)18-12-5-4-10(13-3-2-6-20-13)7-11(12)16-8-14(18)17-9/h2-8,19H,1H3. The van der Waals surface area contributed by atoms with Crippen LogP contribution in [0, 0.1) is 6.92 Å². The first-order valence-corrected chi connectivity index (χ1v) is 7.12. The summed E-state index contributed by atoms with van der Waals surface area (Å²) in [6.45, 7) is 1.79. The van der Waals surface area contributed by atoms with Gasteiger partial charge in [-0.05, 0) is 36.1 Å². The number of fused-ring (bicyclic) bond motifs is 3. The van der Waals surface area contributed by atoms with Crippen molar-refractivity contribution < 1.29 is 5.11 Å². The minimum Gasteiger partial charge on any atom is -0.493 e. The molecule has 1 aromatic carbocycles. The van der Waals surface area contributed by atoms with Gasteiger partial charge in [0.05, 0.1) is 17.2 Å². The van der Waals surface area contributed by atoms with Gasteiger partial charge in [-0.15, -0.1) is 11.3 Å². The lowest BCUT2D eigenvalue weighted by Gasteiger charge is -2.04. The lowest BCUT2D eigenvalue weighted by molar-refractivity contribution is 0.446. The molecule has 0 aliphatic rings. The van der Waals surface area contributed by atoms with Crippen LogP contribution in [0.3, 0.4) is 0 Å². The molecule has 0 aliphatic heterocycles. The molecule has 0 fully saturated rings. The second-order valence-corrected chi connectivity index (χ2v) is 5.60. The summed E-state index contributed by atoms with van der Waals surface area (Å²) in [6, 6.07) is 10.2. The van der Waals surface area contributed by atoms with E-state index in [9.17, 15) is 5.11 Å². The van der Waals surface area contributed by atoms with E-state index in [-0.39, 0.29) is 5.88 Å². The lowest BCUT2D eigenvalue weighted by Crippen LogP contribution is -1.91. The summed E-state index contributed by atoms with van der Waals surface area (Å²) >= 11 is 1.70. The number of hydrogen-bond donors (Lipinski definition) is 1. The molecule has 0 saturated carbocycles. The third kappa shape index (κ3) is 1.53. The first-order valence-electron chi connectivity index (χ1n) is 6.25. The number of aromatic nitrogens is 3. The lowest BCUT2D eigenvalue weighted by atomic mass is 10.1. The molecule has 0 radical (unpaired) electrons. The van der Waals surface area contributed by atoms with Gasteiger partial charge in [0.15, 0.2) is 5.65 Å². The quantitative estimate of drug-likeness (QED) is 0.579. The zero-order valence-corrected chi connectivity index (χ0v) is 11.6. The molecule has 1 N–H and O–H groups in total. The number of aryl methyl sites for hydroxylation is 1. The number of rotatable bonds is 1. The Morgan fingerprint density at radius 3 is 2.95 bits per heavy atom. The van der Waals surface area contributed by atoms with Crippen molar-refractivity contribution in [3.05, 3.63) is 47.6 Å². The van der Waals surface area contributed by atoms with Gasteiger partial charge in [0.25, 0.3) is 0 Å². The summed E-state index contributed by atoms with van der Waals surface area (Å²) in [4.78, 5) is 9.94. The molecular weight excluding hydrogens is 270 g/mol. The molecular formula is C15H11N3OS. The van der Waals surface area contributed by atoms with Crippen LogP contribution in [0.25, 0.3) is 27.1 Å². The summed E-state index contributed by atoms with van der Waals surface area (Å²) in [6.07, 6.45) is 1.69. The number of imidazole rings is 1. The number of aromatic hydroxyl groups is 1. The average molecular weight is 281 g/mol. The monoisotopic (exact) mass is 281 g/mol. The molecule has 20 heavy (non-hydrogen) atoms. The Kier molecular flexibility index (Phi) is 2.31. The average Bonchev–Trinajstić information content (AvgIpc) is 3.08. The molecule has 0 saturated heterocycles. The van der Waals surface area contributed by atoms with Gasteiger partial charge in [-0.1, -0.05) is 12.1 Å². The topological polar surface area (TPSA) is 50.4 Å². The zero-order chi connectivity index (χ0) is 13.7. The minimum absolute atomic E-state index is 0.177. The van der Waals surface area contributed by atoms with Crippen LogP contribution in [0.4, 0.5) is 0 Å². The van der Waals surface area contributed by atoms with Crippen LogP contribution in [0.2, 0.25) is 0 Å². The maximum atomic E-state index is 10.1. The van der Waals surface area contributed by atoms with Gasteiger partial charge in [-0.2, -0.15) is 0 Å². The van der Waals surface area contributed by atoms with Gasteiger partial charge in [0.1, 0.15) is 5.69 Å². The largest absolute Gasteiger partial charge is 0.493 e. The molecule has 3 aromatic heterocycles. The number of benzene rings is 1. The van der Waals surface area contributed by atoms with E-state index in [0.717, 1.165) is 16.6 Å². The summed E-state index contributed by atoms with van der Waals surface area (Å²) in [5.41, 5.74) is 4.12. The minimum atomic E-state index is 0.177. The second kappa shape index (κ2) is 4.05. The van der Waals surface area contributed by atoms with Crippen molar-refractivity contribution in [2.75, 3.05) is 0 Å². The summed E-state index contributed by atoms with van der Waals surface area (Å²) in [5.74, 6) is 0.177. The molecule has 0 spiro atoms. The van der Waals surface area contributed by atoms with Crippen molar-refractivity contribution in [1.29, 1.82) is 0 Å². The molecule has 0 atom stereocenters. The third-order valence-electron chi connectivity index (χ3n) is 3.39. The van der Waals surface area contributed by atoms with Crippen molar-refractivity contribution in [3.63, 3.8) is 0 Å². The Hall–Kier alpha value is -2.40. The molecule has 3 heterocycles. The molecule has 0 aliphatic carbocycles.